The van der Waals surface area contributed by atoms with E-state index in [1.54, 1.807) is 85.7 Å². The van der Waals surface area contributed by atoms with E-state index in [1.807, 2.05) is 55.6 Å². The van der Waals surface area contributed by atoms with Crippen molar-refractivity contribution in [2.45, 2.75) is 53.4 Å². The van der Waals surface area contributed by atoms with Gasteiger partial charge in [-0.25, -0.2) is 24.7 Å². The van der Waals surface area contributed by atoms with E-state index in [0.29, 0.717) is 66.0 Å². The van der Waals surface area contributed by atoms with Gasteiger partial charge in [0.05, 0.1) is 50.2 Å². The van der Waals surface area contributed by atoms with Crippen LogP contribution in [0.4, 0.5) is 45.4 Å². The first-order valence-electron chi connectivity index (χ1n) is 24.8. The Hall–Kier alpha value is -8.58. The number of nitrogens with one attached hydrogen (secondary N) is 4. The highest BCUT2D eigenvalue weighted by atomic mass is 35.5. The molecule has 0 bridgehead atoms. The second-order valence-electron chi connectivity index (χ2n) is 18.5. The van der Waals surface area contributed by atoms with E-state index in [9.17, 15) is 37.1 Å². The maximum Gasteiger partial charge on any atom is 0.407 e. The minimum absolute atomic E-state index is 0. The van der Waals surface area contributed by atoms with Crippen LogP contribution in [0, 0.1) is 13.8 Å². The lowest BCUT2D eigenvalue weighted by atomic mass is 10.1. The molecular weight excluding hydrogens is 1070 g/mol. The number of hydrogen-bond acceptors (Lipinski definition) is 14. The highest BCUT2D eigenvalue weighted by molar-refractivity contribution is 5.97. The van der Waals surface area contributed by atoms with Crippen molar-refractivity contribution in [3.05, 3.63) is 144 Å². The molecule has 25 heteroatoms. The predicted octanol–water partition coefficient (Wildman–Crippen LogP) is 9.75. The number of anilines is 4. The largest absolute Gasteiger partial charge is 0.465 e. The SMILES string of the molecule is Cc1cc(Nc2nccn3c(-c4ccc(OC(F)F)cc4)cnc23)ccc1C(=O)NCCOCCN.Cc1cc(Nc2nccn3c(-c4ccc(OC(F)F)cc4)cnc23)ccc1C(=O)NCCOCCN(C(=O)O)C(C)(C)C.Cl. The first-order chi connectivity index (χ1) is 37.9. The Balaban J connectivity index is 0.000000259. The number of rotatable bonds is 23. The molecular formula is C55H61ClF4N12O8. The van der Waals surface area contributed by atoms with Crippen LogP contribution >= 0.6 is 12.4 Å². The Labute approximate surface area is 464 Å². The summed E-state index contributed by atoms with van der Waals surface area (Å²) in [5.74, 6) is 0.733. The van der Waals surface area contributed by atoms with Crippen LogP contribution in [0.5, 0.6) is 11.5 Å². The third-order valence-corrected chi connectivity index (χ3v) is 11.9. The molecule has 4 aromatic carbocycles. The lowest BCUT2D eigenvalue weighted by Gasteiger charge is -2.32. The van der Waals surface area contributed by atoms with Crippen LogP contribution in [0.25, 0.3) is 33.8 Å². The molecule has 8 aromatic rings. The number of nitrogens with zero attached hydrogens (tertiary/aromatic N) is 7. The number of aryl methyl sites for hydroxylation is 2. The Kier molecular flexibility index (Phi) is 21.5. The van der Waals surface area contributed by atoms with E-state index in [-0.39, 0.29) is 62.0 Å². The van der Waals surface area contributed by atoms with E-state index in [2.05, 4.69) is 50.7 Å². The zero-order valence-electron chi connectivity index (χ0n) is 44.3. The van der Waals surface area contributed by atoms with Gasteiger partial charge in [0.1, 0.15) is 11.5 Å². The first kappa shape index (κ1) is 60.6. The molecule has 0 aliphatic rings. The maximum atomic E-state index is 12.7. The van der Waals surface area contributed by atoms with E-state index in [0.717, 1.165) is 39.3 Å². The fourth-order valence-corrected chi connectivity index (χ4v) is 8.15. The van der Waals surface area contributed by atoms with Crippen LogP contribution in [0.15, 0.2) is 122 Å². The minimum atomic E-state index is -2.89. The van der Waals surface area contributed by atoms with Gasteiger partial charge in [0, 0.05) is 90.1 Å². The topological polar surface area (TPSA) is 246 Å². The quantitative estimate of drug-likeness (QED) is 0.0258. The molecule has 8 rings (SSSR count). The van der Waals surface area contributed by atoms with Crippen LogP contribution in [0.3, 0.4) is 0 Å². The van der Waals surface area contributed by atoms with Crippen molar-refractivity contribution in [1.29, 1.82) is 0 Å². The standard InChI is InChI=1S/C30H34F2N6O5.C25H26F2N6O3.ClH/c1-19-17-21(7-10-23(19)27(39)34-12-15-42-16-14-38(29(40)41)30(2,3)4)36-25-26-35-18-24(37(26)13-11-33-25)20-5-8-22(9-6-20)43-28(31)32;1-16-14-18(4-7-20(16)24(34)30-10-13-35-12-8-28)32-22-23-31-15-21(33(23)11-9-29-22)17-2-5-19(6-3-17)36-25(26)27;/h5-11,13,17-18,28H,12,14-16H2,1-4H3,(H,33,36)(H,34,39)(H,40,41);2-7,9,11,14-15,25H,8,10,12-13,28H2,1H3,(H,29,32)(H,30,34);1H. The summed E-state index contributed by atoms with van der Waals surface area (Å²) < 4.78 is 73.1. The summed E-state index contributed by atoms with van der Waals surface area (Å²) in [5, 5.41) is 21.5. The Morgan fingerprint density at radius 3 is 1.44 bits per heavy atom. The van der Waals surface area contributed by atoms with Crippen LogP contribution in [0.2, 0.25) is 0 Å². The number of alkyl halides is 4. The number of aromatic nitrogens is 6. The molecule has 0 spiro atoms. The molecule has 0 fully saturated rings. The summed E-state index contributed by atoms with van der Waals surface area (Å²) in [7, 11) is 0. The van der Waals surface area contributed by atoms with Crippen LogP contribution in [-0.2, 0) is 9.47 Å². The van der Waals surface area contributed by atoms with Crippen LogP contribution in [-0.4, -0.2) is 128 Å². The van der Waals surface area contributed by atoms with Gasteiger partial charge in [-0.15, -0.1) is 12.4 Å². The summed E-state index contributed by atoms with van der Waals surface area (Å²) in [6.45, 7) is 6.03. The number of benzene rings is 4. The summed E-state index contributed by atoms with van der Waals surface area (Å²) in [6, 6.07) is 23.3. The molecule has 20 nitrogen and oxygen atoms in total. The van der Waals surface area contributed by atoms with Gasteiger partial charge < -0.3 is 56.0 Å². The zero-order valence-corrected chi connectivity index (χ0v) is 45.1. The van der Waals surface area contributed by atoms with Crippen molar-refractivity contribution >= 4 is 64.6 Å². The van der Waals surface area contributed by atoms with Gasteiger partial charge in [-0.3, -0.25) is 18.4 Å². The average molecular weight is 1130 g/mol. The Bertz CT molecular complexity index is 3340. The van der Waals surface area contributed by atoms with E-state index < -0.39 is 24.9 Å². The number of carbonyl (C=O) groups is 3. The van der Waals surface area contributed by atoms with Gasteiger partial charge in [0.25, 0.3) is 11.8 Å². The summed E-state index contributed by atoms with van der Waals surface area (Å²) in [5.41, 5.74) is 13.1. The molecule has 0 aliphatic carbocycles. The molecule has 0 saturated heterocycles. The predicted molar refractivity (Wildman–Crippen MR) is 296 cm³/mol. The second kappa shape index (κ2) is 28.3. The van der Waals surface area contributed by atoms with E-state index >= 15 is 0 Å². The smallest absolute Gasteiger partial charge is 0.407 e. The molecule has 4 heterocycles. The second-order valence-corrected chi connectivity index (χ2v) is 18.5. The normalized spacial score (nSPS) is 11.2. The van der Waals surface area contributed by atoms with E-state index in [1.165, 1.54) is 29.2 Å². The number of hydrogen-bond donors (Lipinski definition) is 6. The molecule has 80 heavy (non-hydrogen) atoms. The number of nitrogens with two attached hydrogens (primary N) is 1. The van der Waals surface area contributed by atoms with Crippen molar-refractivity contribution in [1.82, 2.24) is 44.3 Å². The molecule has 0 radical (unpaired) electrons. The number of ether oxygens (including phenoxy) is 4. The van der Waals surface area contributed by atoms with Crippen molar-refractivity contribution in [2.24, 2.45) is 5.73 Å². The van der Waals surface area contributed by atoms with E-state index in [4.69, 9.17) is 15.2 Å². The lowest BCUT2D eigenvalue weighted by Crippen LogP contribution is -2.46. The van der Waals surface area contributed by atoms with Crippen LogP contribution in [0.1, 0.15) is 52.6 Å². The van der Waals surface area contributed by atoms with Gasteiger partial charge in [0.15, 0.2) is 22.9 Å². The molecule has 4 aromatic heterocycles. The number of halogens is 5. The van der Waals surface area contributed by atoms with Gasteiger partial charge in [-0.1, -0.05) is 0 Å². The molecule has 424 valence electrons. The fourth-order valence-electron chi connectivity index (χ4n) is 8.15. The number of carbonyl (C=O) groups excluding carboxylic acids is 2. The van der Waals surface area contributed by atoms with Gasteiger partial charge in [0.2, 0.25) is 0 Å². The fraction of sp³-hybridized carbons (Fsp3) is 0.291. The molecule has 0 atom stereocenters. The highest BCUT2D eigenvalue weighted by Crippen LogP contribution is 2.30. The van der Waals surface area contributed by atoms with Crippen molar-refractivity contribution in [2.75, 3.05) is 63.2 Å². The molecule has 3 amide bonds. The van der Waals surface area contributed by atoms with Crippen molar-refractivity contribution in [3.8, 4) is 34.0 Å². The lowest BCUT2D eigenvalue weighted by molar-refractivity contribution is -0.0505. The monoisotopic (exact) mass is 1130 g/mol. The van der Waals surface area contributed by atoms with Crippen molar-refractivity contribution < 1.29 is 56.0 Å². The number of fused-ring (bicyclic) bond motifs is 2. The maximum absolute atomic E-state index is 12.7. The summed E-state index contributed by atoms with van der Waals surface area (Å²) >= 11 is 0. The molecule has 0 unspecified atom stereocenters. The summed E-state index contributed by atoms with van der Waals surface area (Å²) in [6.07, 6.45) is 9.11. The van der Waals surface area contributed by atoms with Crippen molar-refractivity contribution in [3.63, 3.8) is 0 Å². The zero-order chi connectivity index (χ0) is 56.6. The van der Waals surface area contributed by atoms with Gasteiger partial charge >= 0.3 is 19.3 Å². The Morgan fingerprint density at radius 1 is 0.637 bits per heavy atom. The Morgan fingerprint density at radius 2 is 1.06 bits per heavy atom. The molecule has 0 aliphatic heterocycles. The van der Waals surface area contributed by atoms with Crippen LogP contribution < -0.4 is 36.5 Å². The van der Waals surface area contributed by atoms with Gasteiger partial charge in [-0.05, 0) is 131 Å². The molecule has 0 saturated carbocycles. The summed E-state index contributed by atoms with van der Waals surface area (Å²) in [4.78, 5) is 55.7. The average Bonchev–Trinajstić information content (AvgIpc) is 4.06. The first-order valence-corrected chi connectivity index (χ1v) is 24.8. The number of imidazole rings is 2. The van der Waals surface area contributed by atoms with Gasteiger partial charge in [-0.2, -0.15) is 17.6 Å². The minimum Gasteiger partial charge on any atom is -0.465 e. The third-order valence-electron chi connectivity index (χ3n) is 11.9. The third kappa shape index (κ3) is 16.2. The number of carboxylic acid groups (broad SMARTS) is 1. The molecule has 7 N–H and O–H groups in total. The number of amides is 3. The highest BCUT2D eigenvalue weighted by Gasteiger charge is 2.25.